The van der Waals surface area contributed by atoms with E-state index in [2.05, 4.69) is 28.7 Å². The molecule has 1 aliphatic carbocycles. The summed E-state index contributed by atoms with van der Waals surface area (Å²) in [5, 5.41) is 4.55. The molecule has 0 saturated heterocycles. The summed E-state index contributed by atoms with van der Waals surface area (Å²) < 4.78 is 48.5. The Morgan fingerprint density at radius 2 is 1.90 bits per heavy atom. The molecule has 1 saturated carbocycles. The number of alkyl halides is 3. The highest BCUT2D eigenvalue weighted by Gasteiger charge is 2.46. The van der Waals surface area contributed by atoms with E-state index in [0.29, 0.717) is 5.92 Å². The molecule has 1 aromatic heterocycles. The van der Waals surface area contributed by atoms with Crippen LogP contribution in [0.5, 0.6) is 5.75 Å². The lowest BCUT2D eigenvalue weighted by molar-refractivity contribution is -0.274. The van der Waals surface area contributed by atoms with Crippen LogP contribution in [0.25, 0.3) is 0 Å². The lowest BCUT2D eigenvalue weighted by Crippen LogP contribution is -2.44. The van der Waals surface area contributed by atoms with Crippen LogP contribution in [0, 0.1) is 11.3 Å². The van der Waals surface area contributed by atoms with Crippen molar-refractivity contribution in [3.63, 3.8) is 0 Å². The zero-order valence-corrected chi connectivity index (χ0v) is 17.2. The fourth-order valence-corrected chi connectivity index (χ4v) is 4.47. The molecule has 0 radical (unpaired) electrons. The van der Waals surface area contributed by atoms with Crippen molar-refractivity contribution in [1.82, 2.24) is 14.8 Å². The molecule has 0 amide bonds. The molecule has 5 nitrogen and oxygen atoms in total. The van der Waals surface area contributed by atoms with Crippen LogP contribution < -0.4 is 4.74 Å². The Hall–Kier alpha value is -2.09. The van der Waals surface area contributed by atoms with Crippen LogP contribution in [0.1, 0.15) is 50.4 Å². The van der Waals surface area contributed by atoms with Crippen LogP contribution in [-0.4, -0.2) is 34.3 Å². The van der Waals surface area contributed by atoms with Crippen LogP contribution in [0.15, 0.2) is 30.6 Å². The fourth-order valence-electron chi connectivity index (χ4n) is 4.47. The summed E-state index contributed by atoms with van der Waals surface area (Å²) in [5.74, 6) is 1.01. The number of nitrogens with zero attached hydrogens (tertiary/aromatic N) is 3. The summed E-state index contributed by atoms with van der Waals surface area (Å²) in [6.45, 7) is 4.43. The quantitative estimate of drug-likeness (QED) is 0.680. The second-order valence-electron chi connectivity index (χ2n) is 8.48. The summed E-state index contributed by atoms with van der Waals surface area (Å²) in [6, 6.07) is 6.11. The molecule has 160 valence electrons. The predicted molar refractivity (Wildman–Crippen MR) is 102 cm³/mol. The maximum atomic E-state index is 12.3. The molecule has 3 rings (SSSR count). The molecule has 0 unspecified atom stereocenters. The molecule has 29 heavy (non-hydrogen) atoms. The van der Waals surface area contributed by atoms with Crippen molar-refractivity contribution in [1.29, 1.82) is 0 Å². The first-order chi connectivity index (χ1) is 13.6. The maximum absolute atomic E-state index is 12.3. The van der Waals surface area contributed by atoms with Crippen molar-refractivity contribution < 1.29 is 22.6 Å². The van der Waals surface area contributed by atoms with Crippen molar-refractivity contribution in [2.75, 3.05) is 7.11 Å². The monoisotopic (exact) mass is 411 g/mol. The SMILES string of the molecule is CO[C@@H]1[C@@H](c2ncn(C)n2)[C@H](CCc2ccc(OC(F)(F)F)cc2)CCC1(C)C. The van der Waals surface area contributed by atoms with Gasteiger partial charge in [-0.2, -0.15) is 5.10 Å². The van der Waals surface area contributed by atoms with Gasteiger partial charge in [0.05, 0.1) is 12.0 Å². The summed E-state index contributed by atoms with van der Waals surface area (Å²) in [5.41, 5.74) is 0.997. The molecule has 0 bridgehead atoms. The average Bonchev–Trinajstić information content (AvgIpc) is 3.06. The molecule has 1 aliphatic rings. The predicted octanol–water partition coefficient (Wildman–Crippen LogP) is 4.88. The first-order valence-corrected chi connectivity index (χ1v) is 9.82. The van der Waals surface area contributed by atoms with Gasteiger partial charge in [0.1, 0.15) is 12.1 Å². The molecule has 8 heteroatoms. The van der Waals surface area contributed by atoms with Crippen LogP contribution in [0.3, 0.4) is 0 Å². The van der Waals surface area contributed by atoms with Gasteiger partial charge in [-0.1, -0.05) is 26.0 Å². The van der Waals surface area contributed by atoms with Gasteiger partial charge in [-0.15, -0.1) is 13.2 Å². The van der Waals surface area contributed by atoms with Crippen molar-refractivity contribution >= 4 is 0 Å². The number of ether oxygens (including phenoxy) is 2. The van der Waals surface area contributed by atoms with Crippen LogP contribution >= 0.6 is 0 Å². The minimum absolute atomic E-state index is 0.00575. The van der Waals surface area contributed by atoms with Crippen molar-refractivity contribution in [3.8, 4) is 5.75 Å². The van der Waals surface area contributed by atoms with Crippen LogP contribution in [-0.2, 0) is 18.2 Å². The Kier molecular flexibility index (Phi) is 6.22. The zero-order valence-electron chi connectivity index (χ0n) is 17.2. The highest BCUT2D eigenvalue weighted by molar-refractivity contribution is 5.27. The number of hydrogen-bond acceptors (Lipinski definition) is 4. The lowest BCUT2D eigenvalue weighted by atomic mass is 9.63. The molecule has 0 spiro atoms. The van der Waals surface area contributed by atoms with E-state index in [0.717, 1.165) is 37.1 Å². The lowest BCUT2D eigenvalue weighted by Gasteiger charge is -2.46. The molecule has 1 aromatic carbocycles. The minimum atomic E-state index is -4.67. The molecular formula is C21H28F3N3O2. The Morgan fingerprint density at radius 1 is 1.21 bits per heavy atom. The van der Waals surface area contributed by atoms with Gasteiger partial charge in [-0.25, -0.2) is 4.98 Å². The van der Waals surface area contributed by atoms with Crippen molar-refractivity contribution in [2.24, 2.45) is 18.4 Å². The van der Waals surface area contributed by atoms with Gasteiger partial charge in [-0.05, 0) is 54.7 Å². The van der Waals surface area contributed by atoms with E-state index in [9.17, 15) is 13.2 Å². The standard InChI is InChI=1S/C21H28F3N3O2/c1-20(2)12-11-15(17(18(20)28-4)19-25-13-27(3)26-19)8-5-14-6-9-16(10-7-14)29-21(22,23)24/h6-7,9-10,13,15,17-18H,5,8,11-12H2,1-4H3/t15-,17+,18-/m1/s1. The second-order valence-corrected chi connectivity index (χ2v) is 8.48. The average molecular weight is 411 g/mol. The maximum Gasteiger partial charge on any atom is 0.573 e. The van der Waals surface area contributed by atoms with Crippen LogP contribution in [0.2, 0.25) is 0 Å². The van der Waals surface area contributed by atoms with E-state index in [4.69, 9.17) is 4.74 Å². The van der Waals surface area contributed by atoms with E-state index >= 15 is 0 Å². The van der Waals surface area contributed by atoms with E-state index in [1.165, 1.54) is 12.1 Å². The molecule has 0 aliphatic heterocycles. The molecule has 1 fully saturated rings. The number of aromatic nitrogens is 3. The van der Waals surface area contributed by atoms with Gasteiger partial charge in [0.2, 0.25) is 0 Å². The van der Waals surface area contributed by atoms with Crippen molar-refractivity contribution in [3.05, 3.63) is 42.0 Å². The topological polar surface area (TPSA) is 49.2 Å². The number of hydrogen-bond donors (Lipinski definition) is 0. The number of halogens is 3. The van der Waals surface area contributed by atoms with E-state index in [1.807, 2.05) is 7.05 Å². The van der Waals surface area contributed by atoms with Gasteiger partial charge in [0, 0.05) is 14.2 Å². The number of rotatable bonds is 6. The van der Waals surface area contributed by atoms with Gasteiger partial charge in [-0.3, -0.25) is 4.68 Å². The zero-order chi connectivity index (χ0) is 21.2. The first kappa shape index (κ1) is 21.6. The van der Waals surface area contributed by atoms with Gasteiger partial charge < -0.3 is 9.47 Å². The fraction of sp³-hybridized carbons (Fsp3) is 0.619. The van der Waals surface area contributed by atoms with Gasteiger partial charge >= 0.3 is 6.36 Å². The molecular weight excluding hydrogens is 383 g/mol. The van der Waals surface area contributed by atoms with Crippen molar-refractivity contribution in [2.45, 2.75) is 57.9 Å². The summed E-state index contributed by atoms with van der Waals surface area (Å²) in [4.78, 5) is 4.50. The third-order valence-corrected chi connectivity index (χ3v) is 5.89. The van der Waals surface area contributed by atoms with Gasteiger partial charge in [0.15, 0.2) is 5.82 Å². The summed E-state index contributed by atoms with van der Waals surface area (Å²) in [6.07, 6.45) is 0.763. The molecule has 1 heterocycles. The second kappa shape index (κ2) is 8.34. The third kappa shape index (κ3) is 5.29. The Morgan fingerprint density at radius 3 is 2.45 bits per heavy atom. The number of benzene rings is 1. The molecule has 0 N–H and O–H groups in total. The summed E-state index contributed by atoms with van der Waals surface area (Å²) in [7, 11) is 3.59. The molecule has 3 atom stereocenters. The van der Waals surface area contributed by atoms with Gasteiger partial charge in [0.25, 0.3) is 0 Å². The Labute approximate surface area is 169 Å². The number of aryl methyl sites for hydroxylation is 2. The normalized spacial score (nSPS) is 24.4. The van der Waals surface area contributed by atoms with E-state index in [1.54, 1.807) is 30.3 Å². The third-order valence-electron chi connectivity index (χ3n) is 5.89. The van der Waals surface area contributed by atoms with E-state index in [-0.39, 0.29) is 23.2 Å². The highest BCUT2D eigenvalue weighted by Crippen LogP contribution is 2.49. The first-order valence-electron chi connectivity index (χ1n) is 9.82. The molecule has 2 aromatic rings. The van der Waals surface area contributed by atoms with E-state index < -0.39 is 6.36 Å². The number of methoxy groups -OCH3 is 1. The minimum Gasteiger partial charge on any atom is -0.406 e. The van der Waals surface area contributed by atoms with Crippen LogP contribution in [0.4, 0.5) is 13.2 Å². The summed E-state index contributed by atoms with van der Waals surface area (Å²) >= 11 is 0. The largest absolute Gasteiger partial charge is 0.573 e. The Bertz CT molecular complexity index is 802. The Balaban J connectivity index is 1.73. The smallest absolute Gasteiger partial charge is 0.406 e. The highest BCUT2D eigenvalue weighted by atomic mass is 19.4.